The minimum absolute atomic E-state index is 0.0991. The molecule has 382 valence electrons. The van der Waals surface area contributed by atoms with E-state index in [9.17, 15) is 14.4 Å². The zero-order valence-corrected chi connectivity index (χ0v) is 43.6. The highest BCUT2D eigenvalue weighted by Gasteiger charge is 2.19. The molecule has 0 saturated heterocycles. The molecule has 68 heavy (non-hydrogen) atoms. The molecule has 0 bridgehead atoms. The van der Waals surface area contributed by atoms with Crippen molar-refractivity contribution in [2.45, 2.75) is 226 Å². The minimum atomic E-state index is -0.801. The summed E-state index contributed by atoms with van der Waals surface area (Å²) in [7, 11) is 0. The van der Waals surface area contributed by atoms with Crippen molar-refractivity contribution < 1.29 is 28.6 Å². The molecule has 0 aliphatic carbocycles. The zero-order valence-electron chi connectivity index (χ0n) is 43.6. The molecular weight excluding hydrogens is 841 g/mol. The van der Waals surface area contributed by atoms with Gasteiger partial charge in [0.05, 0.1) is 0 Å². The molecule has 0 aromatic carbocycles. The quantitative estimate of drug-likeness (QED) is 0.0262. The molecule has 0 radical (unpaired) electrons. The van der Waals surface area contributed by atoms with Gasteiger partial charge in [0.1, 0.15) is 13.2 Å². The van der Waals surface area contributed by atoms with E-state index in [-0.39, 0.29) is 31.1 Å². The molecule has 0 heterocycles. The van der Waals surface area contributed by atoms with Gasteiger partial charge in [-0.05, 0) is 116 Å². The van der Waals surface area contributed by atoms with E-state index in [0.717, 1.165) is 161 Å². The monoisotopic (exact) mass is 939 g/mol. The topological polar surface area (TPSA) is 78.9 Å². The summed E-state index contributed by atoms with van der Waals surface area (Å²) in [6.07, 6.45) is 77.5. The standard InChI is InChI=1S/C62H98O6/c1-4-7-10-13-16-18-20-22-24-26-28-30-31-33-34-36-38-40-42-44-46-49-52-55-61(64)67-58-59(57-66-60(63)54-51-48-15-12-9-6-3)68-62(65)56-53-50-47-45-43-41-39-37-35-32-29-27-25-23-21-19-17-14-11-8-5-2/h7-8,10-11,16-19,22-25,28-30,32-34,37-40,59H,4-6,9,12-15,20-21,26-27,31,35-36,41-58H2,1-3H3/b10-7-,11-8-,18-16-,19-17-,24-22-,25-23-,30-28-,32-29-,34-33-,39-37-,40-38-. The van der Waals surface area contributed by atoms with Gasteiger partial charge in [0, 0.05) is 19.3 Å². The number of carbonyl (C=O) groups excluding carboxylic acids is 3. The average Bonchev–Trinajstić information content (AvgIpc) is 3.34. The first-order valence-electron chi connectivity index (χ1n) is 27.2. The summed E-state index contributed by atoms with van der Waals surface area (Å²) in [5.74, 6) is -0.962. The van der Waals surface area contributed by atoms with Gasteiger partial charge in [0.25, 0.3) is 0 Å². The number of hydrogen-bond acceptors (Lipinski definition) is 6. The third kappa shape index (κ3) is 52.5. The molecule has 0 amide bonds. The van der Waals surface area contributed by atoms with Crippen molar-refractivity contribution in [3.63, 3.8) is 0 Å². The first-order chi connectivity index (χ1) is 33.5. The molecular formula is C62H98O6. The molecule has 0 aliphatic heterocycles. The zero-order chi connectivity index (χ0) is 49.3. The average molecular weight is 939 g/mol. The smallest absolute Gasteiger partial charge is 0.306 e. The van der Waals surface area contributed by atoms with Crippen LogP contribution in [0.2, 0.25) is 0 Å². The highest BCUT2D eigenvalue weighted by Crippen LogP contribution is 2.13. The molecule has 1 atom stereocenters. The SMILES string of the molecule is CC/C=C\C/C=C\C/C=C\C/C=C\C/C=C\C/C=C\CCCCCCC(=O)OCC(COC(=O)CCCCCCCC)OC(=O)CCCCCCC/C=C\C/C=C\C/C=C\C/C=C\C/C=C\CC. The van der Waals surface area contributed by atoms with Gasteiger partial charge < -0.3 is 14.2 Å². The molecule has 0 spiro atoms. The maximum absolute atomic E-state index is 12.8. The Kier molecular flexibility index (Phi) is 51.5. The van der Waals surface area contributed by atoms with Gasteiger partial charge in [-0.25, -0.2) is 0 Å². The van der Waals surface area contributed by atoms with Crippen molar-refractivity contribution in [1.82, 2.24) is 0 Å². The Morgan fingerprint density at radius 2 is 0.574 bits per heavy atom. The van der Waals surface area contributed by atoms with Crippen molar-refractivity contribution in [3.8, 4) is 0 Å². The second kappa shape index (κ2) is 55.1. The lowest BCUT2D eigenvalue weighted by atomic mass is 10.1. The van der Waals surface area contributed by atoms with E-state index >= 15 is 0 Å². The van der Waals surface area contributed by atoms with Crippen LogP contribution in [0.1, 0.15) is 220 Å². The van der Waals surface area contributed by atoms with Gasteiger partial charge in [0.2, 0.25) is 0 Å². The second-order valence-corrected chi connectivity index (χ2v) is 17.4. The molecule has 0 aromatic rings. The summed E-state index contributed by atoms with van der Waals surface area (Å²) < 4.78 is 16.7. The van der Waals surface area contributed by atoms with Crippen molar-refractivity contribution in [2.24, 2.45) is 0 Å². The summed E-state index contributed by atoms with van der Waals surface area (Å²) in [4.78, 5) is 37.8. The summed E-state index contributed by atoms with van der Waals surface area (Å²) in [5.41, 5.74) is 0. The van der Waals surface area contributed by atoms with Crippen molar-refractivity contribution in [2.75, 3.05) is 13.2 Å². The van der Waals surface area contributed by atoms with Crippen molar-refractivity contribution in [3.05, 3.63) is 134 Å². The van der Waals surface area contributed by atoms with Gasteiger partial charge in [-0.1, -0.05) is 219 Å². The van der Waals surface area contributed by atoms with Gasteiger partial charge in [-0.2, -0.15) is 0 Å². The molecule has 0 fully saturated rings. The highest BCUT2D eigenvalue weighted by atomic mass is 16.6. The van der Waals surface area contributed by atoms with E-state index in [1.54, 1.807) is 0 Å². The van der Waals surface area contributed by atoms with Crippen molar-refractivity contribution >= 4 is 17.9 Å². The predicted octanol–water partition coefficient (Wildman–Crippen LogP) is 18.3. The molecule has 0 aromatic heterocycles. The van der Waals surface area contributed by atoms with Crippen LogP contribution in [0.25, 0.3) is 0 Å². The molecule has 1 unspecified atom stereocenters. The fourth-order valence-electron chi connectivity index (χ4n) is 6.88. The maximum Gasteiger partial charge on any atom is 0.306 e. The number of unbranched alkanes of at least 4 members (excludes halogenated alkanes) is 14. The number of ether oxygens (including phenoxy) is 3. The lowest BCUT2D eigenvalue weighted by Crippen LogP contribution is -2.30. The third-order valence-electron chi connectivity index (χ3n) is 10.9. The highest BCUT2D eigenvalue weighted by molar-refractivity contribution is 5.71. The van der Waals surface area contributed by atoms with E-state index in [0.29, 0.717) is 19.3 Å². The number of carbonyl (C=O) groups is 3. The lowest BCUT2D eigenvalue weighted by molar-refractivity contribution is -0.167. The van der Waals surface area contributed by atoms with E-state index in [1.165, 1.54) is 19.3 Å². The van der Waals surface area contributed by atoms with Crippen LogP contribution in [0.15, 0.2) is 134 Å². The maximum atomic E-state index is 12.8. The molecule has 0 N–H and O–H groups in total. The van der Waals surface area contributed by atoms with Crippen LogP contribution >= 0.6 is 0 Å². The van der Waals surface area contributed by atoms with Crippen LogP contribution in [0.4, 0.5) is 0 Å². The number of esters is 3. The predicted molar refractivity (Wildman–Crippen MR) is 292 cm³/mol. The van der Waals surface area contributed by atoms with Crippen LogP contribution in [0.5, 0.6) is 0 Å². The minimum Gasteiger partial charge on any atom is -0.462 e. The fourth-order valence-corrected chi connectivity index (χ4v) is 6.88. The fraction of sp³-hybridized carbons (Fsp3) is 0.597. The summed E-state index contributed by atoms with van der Waals surface area (Å²) in [5, 5.41) is 0. The van der Waals surface area contributed by atoms with Crippen molar-refractivity contribution in [1.29, 1.82) is 0 Å². The summed E-state index contributed by atoms with van der Waals surface area (Å²) in [6, 6.07) is 0. The Morgan fingerprint density at radius 1 is 0.309 bits per heavy atom. The first kappa shape index (κ1) is 63.5. The number of rotatable bonds is 47. The Bertz CT molecular complexity index is 1500. The largest absolute Gasteiger partial charge is 0.462 e. The van der Waals surface area contributed by atoms with Gasteiger partial charge in [-0.3, -0.25) is 14.4 Å². The molecule has 0 aliphatic rings. The van der Waals surface area contributed by atoms with Crippen LogP contribution in [0, 0.1) is 0 Å². The van der Waals surface area contributed by atoms with E-state index in [4.69, 9.17) is 14.2 Å². The third-order valence-corrected chi connectivity index (χ3v) is 10.9. The Hall–Kier alpha value is -4.45. The molecule has 6 nitrogen and oxygen atoms in total. The summed E-state index contributed by atoms with van der Waals surface area (Å²) >= 11 is 0. The number of allylic oxidation sites excluding steroid dienone is 22. The van der Waals surface area contributed by atoms with E-state index in [1.807, 2.05) is 0 Å². The lowest BCUT2D eigenvalue weighted by Gasteiger charge is -2.18. The van der Waals surface area contributed by atoms with Gasteiger partial charge in [0.15, 0.2) is 6.10 Å². The van der Waals surface area contributed by atoms with E-state index in [2.05, 4.69) is 154 Å². The first-order valence-corrected chi connectivity index (χ1v) is 27.2. The normalized spacial score (nSPS) is 13.2. The molecule has 0 saturated carbocycles. The van der Waals surface area contributed by atoms with Crippen LogP contribution in [0.3, 0.4) is 0 Å². The van der Waals surface area contributed by atoms with Crippen LogP contribution in [-0.2, 0) is 28.6 Å². The number of hydrogen-bond donors (Lipinski definition) is 0. The Labute approximate surface area is 417 Å². The van der Waals surface area contributed by atoms with E-state index < -0.39 is 6.10 Å². The summed E-state index contributed by atoms with van der Waals surface area (Å²) in [6.45, 7) is 6.29. The second-order valence-electron chi connectivity index (χ2n) is 17.4. The van der Waals surface area contributed by atoms with Crippen LogP contribution in [-0.4, -0.2) is 37.2 Å². The Balaban J connectivity index is 4.32. The van der Waals surface area contributed by atoms with Gasteiger partial charge in [-0.15, -0.1) is 0 Å². The molecule has 6 heteroatoms. The van der Waals surface area contributed by atoms with Crippen LogP contribution < -0.4 is 0 Å². The molecule has 0 rings (SSSR count). The Morgan fingerprint density at radius 3 is 0.897 bits per heavy atom. The van der Waals surface area contributed by atoms with Gasteiger partial charge >= 0.3 is 17.9 Å².